The van der Waals surface area contributed by atoms with Gasteiger partial charge in [-0.1, -0.05) is 56.8 Å². The smallest absolute Gasteiger partial charge is 0.310 e. The van der Waals surface area contributed by atoms with E-state index in [4.69, 9.17) is 16.3 Å². The van der Waals surface area contributed by atoms with E-state index in [0.29, 0.717) is 30.1 Å². The lowest BCUT2D eigenvalue weighted by molar-refractivity contribution is -0.139. The number of carbonyl (C=O) groups excluding carboxylic acids is 4. The molecule has 2 atom stereocenters. The highest BCUT2D eigenvalue weighted by Crippen LogP contribution is 2.40. The van der Waals surface area contributed by atoms with Crippen LogP contribution in [0.25, 0.3) is 11.1 Å². The van der Waals surface area contributed by atoms with Crippen molar-refractivity contribution in [2.75, 3.05) is 13.1 Å². The van der Waals surface area contributed by atoms with Crippen LogP contribution in [0, 0.1) is 23.6 Å². The molecule has 0 radical (unpaired) electrons. The van der Waals surface area contributed by atoms with E-state index in [9.17, 15) is 23.6 Å². The molecule has 1 fully saturated rings. The van der Waals surface area contributed by atoms with Crippen LogP contribution in [0.2, 0.25) is 5.02 Å². The number of hydrogen-bond acceptors (Lipinski definition) is 5. The summed E-state index contributed by atoms with van der Waals surface area (Å²) in [7, 11) is 0. The van der Waals surface area contributed by atoms with Gasteiger partial charge in [0.05, 0.1) is 16.8 Å². The SMILES string of the molecule is C=COC(=O)CCC(C)C(=O)C(=O)C1=CC(C)C(=C)c2cc(Cl)c(C(=O)N3CCC(Cc4ccc(F)cc4)CC3)cc21. The first-order valence-corrected chi connectivity index (χ1v) is 14.6. The zero-order chi connectivity index (χ0) is 30.6. The maximum absolute atomic E-state index is 13.6. The number of piperidine rings is 1. The second kappa shape index (κ2) is 13.4. The van der Waals surface area contributed by atoms with Crippen LogP contribution in [0.15, 0.2) is 61.9 Å². The second-order valence-electron chi connectivity index (χ2n) is 11.1. The van der Waals surface area contributed by atoms with Crippen LogP contribution in [0.5, 0.6) is 0 Å². The Balaban J connectivity index is 1.51. The number of halogens is 2. The van der Waals surface area contributed by atoms with Gasteiger partial charge in [-0.25, -0.2) is 4.39 Å². The normalized spacial score (nSPS) is 17.6. The predicted molar refractivity (Wildman–Crippen MR) is 161 cm³/mol. The van der Waals surface area contributed by atoms with E-state index in [0.717, 1.165) is 36.7 Å². The number of Topliss-reactive ketones (excluding diaryl/α,β-unsaturated/α-hetero) is 2. The Bertz CT molecular complexity index is 1450. The van der Waals surface area contributed by atoms with Gasteiger partial charge in [0.15, 0.2) is 0 Å². The molecule has 0 aromatic heterocycles. The molecule has 1 saturated heterocycles. The maximum Gasteiger partial charge on any atom is 0.310 e. The first-order valence-electron chi connectivity index (χ1n) is 14.2. The first kappa shape index (κ1) is 31.1. The number of carbonyl (C=O) groups is 4. The van der Waals surface area contributed by atoms with Gasteiger partial charge in [0, 0.05) is 36.9 Å². The van der Waals surface area contributed by atoms with E-state index in [1.807, 2.05) is 6.92 Å². The number of allylic oxidation sites excluding steroid dienone is 3. The van der Waals surface area contributed by atoms with Gasteiger partial charge < -0.3 is 9.64 Å². The molecule has 1 amide bonds. The van der Waals surface area contributed by atoms with E-state index in [2.05, 4.69) is 13.2 Å². The number of ether oxygens (including phenoxy) is 1. The van der Waals surface area contributed by atoms with Crippen LogP contribution < -0.4 is 0 Å². The molecule has 2 unspecified atom stereocenters. The van der Waals surface area contributed by atoms with E-state index < -0.39 is 23.5 Å². The number of esters is 1. The van der Waals surface area contributed by atoms with Gasteiger partial charge in [-0.2, -0.15) is 0 Å². The molecule has 1 heterocycles. The average Bonchev–Trinajstić information content (AvgIpc) is 2.98. The number of likely N-dealkylation sites (tertiary alicyclic amines) is 1. The third-order valence-electron chi connectivity index (χ3n) is 8.19. The molecule has 0 spiro atoms. The molecule has 0 bridgehead atoms. The number of rotatable bonds is 10. The predicted octanol–water partition coefficient (Wildman–Crippen LogP) is 6.86. The summed E-state index contributed by atoms with van der Waals surface area (Å²) in [4.78, 5) is 53.7. The van der Waals surface area contributed by atoms with Crippen molar-refractivity contribution in [2.45, 2.75) is 46.0 Å². The molecule has 220 valence electrons. The third-order valence-corrected chi connectivity index (χ3v) is 8.50. The van der Waals surface area contributed by atoms with Crippen LogP contribution in [-0.2, 0) is 25.5 Å². The number of fused-ring (bicyclic) bond motifs is 1. The molecule has 2 aromatic rings. The van der Waals surface area contributed by atoms with Crippen LogP contribution in [0.4, 0.5) is 4.39 Å². The van der Waals surface area contributed by atoms with Gasteiger partial charge in [-0.05, 0) is 78.1 Å². The highest BCUT2D eigenvalue weighted by atomic mass is 35.5. The van der Waals surface area contributed by atoms with Gasteiger partial charge in [-0.15, -0.1) is 0 Å². The molecule has 1 aliphatic heterocycles. The monoisotopic (exact) mass is 591 g/mol. The minimum absolute atomic E-state index is 0.0239. The van der Waals surface area contributed by atoms with Crippen molar-refractivity contribution in [3.8, 4) is 0 Å². The fraction of sp³-hybridized carbons (Fsp3) is 0.353. The summed E-state index contributed by atoms with van der Waals surface area (Å²) in [6, 6.07) is 9.77. The zero-order valence-corrected chi connectivity index (χ0v) is 24.7. The van der Waals surface area contributed by atoms with Gasteiger partial charge in [-0.3, -0.25) is 19.2 Å². The molecule has 42 heavy (non-hydrogen) atoms. The summed E-state index contributed by atoms with van der Waals surface area (Å²) in [5, 5.41) is 0.259. The summed E-state index contributed by atoms with van der Waals surface area (Å²) in [5.41, 5.74) is 3.35. The summed E-state index contributed by atoms with van der Waals surface area (Å²) < 4.78 is 18.0. The van der Waals surface area contributed by atoms with E-state index in [1.165, 1.54) is 12.1 Å². The zero-order valence-electron chi connectivity index (χ0n) is 24.0. The standard InChI is InChI=1S/C34H35ClFNO5/c1-5-42-31(38)11-6-20(2)32(39)33(40)28-16-21(3)22(4)26-19-30(35)29(18-27(26)28)34(41)37-14-12-24(13-15-37)17-23-7-9-25(36)10-8-23/h5,7-10,16,18-21,24H,1,4,6,11-15,17H2,2-3H3. The number of nitrogens with zero attached hydrogens (tertiary/aromatic N) is 1. The molecule has 1 aliphatic carbocycles. The van der Waals surface area contributed by atoms with E-state index in [1.54, 1.807) is 42.2 Å². The van der Waals surface area contributed by atoms with Crippen molar-refractivity contribution in [3.05, 3.63) is 95.0 Å². The Hall–Kier alpha value is -3.84. The van der Waals surface area contributed by atoms with Gasteiger partial charge in [0.25, 0.3) is 5.91 Å². The number of ketones is 2. The topological polar surface area (TPSA) is 80.8 Å². The van der Waals surface area contributed by atoms with Crippen molar-refractivity contribution in [1.29, 1.82) is 0 Å². The molecule has 0 saturated carbocycles. The van der Waals surface area contributed by atoms with Crippen molar-refractivity contribution >= 4 is 46.2 Å². The fourth-order valence-electron chi connectivity index (χ4n) is 5.55. The lowest BCUT2D eigenvalue weighted by Crippen LogP contribution is -2.39. The van der Waals surface area contributed by atoms with Gasteiger partial charge >= 0.3 is 5.97 Å². The molecular formula is C34H35ClFNO5. The molecule has 6 nitrogen and oxygen atoms in total. The average molecular weight is 592 g/mol. The third kappa shape index (κ3) is 6.96. The first-order chi connectivity index (χ1) is 20.0. The highest BCUT2D eigenvalue weighted by Gasteiger charge is 2.33. The van der Waals surface area contributed by atoms with E-state index >= 15 is 0 Å². The summed E-state index contributed by atoms with van der Waals surface area (Å²) in [5.74, 6) is -2.87. The molecular weight excluding hydrogens is 557 g/mol. The van der Waals surface area contributed by atoms with Crippen LogP contribution in [-0.4, -0.2) is 41.4 Å². The maximum atomic E-state index is 13.6. The number of amides is 1. The van der Waals surface area contributed by atoms with Gasteiger partial charge in [0.1, 0.15) is 5.82 Å². The Labute approximate surface area is 250 Å². The van der Waals surface area contributed by atoms with Crippen molar-refractivity contribution in [1.82, 2.24) is 4.90 Å². The molecule has 2 aromatic carbocycles. The second-order valence-corrected chi connectivity index (χ2v) is 11.5. The Kier molecular flexibility index (Phi) is 9.94. The minimum Gasteiger partial charge on any atom is -0.435 e. The lowest BCUT2D eigenvalue weighted by atomic mass is 9.78. The Morgan fingerprint density at radius 3 is 2.43 bits per heavy atom. The van der Waals surface area contributed by atoms with Crippen molar-refractivity contribution < 1.29 is 28.3 Å². The van der Waals surface area contributed by atoms with Crippen molar-refractivity contribution in [2.24, 2.45) is 17.8 Å². The quantitative estimate of drug-likeness (QED) is 0.171. The summed E-state index contributed by atoms with van der Waals surface area (Å²) in [6.45, 7) is 12.1. The molecule has 2 aliphatic rings. The summed E-state index contributed by atoms with van der Waals surface area (Å²) >= 11 is 6.63. The van der Waals surface area contributed by atoms with Crippen LogP contribution in [0.1, 0.15) is 66.6 Å². The van der Waals surface area contributed by atoms with Crippen molar-refractivity contribution in [3.63, 3.8) is 0 Å². The highest BCUT2D eigenvalue weighted by molar-refractivity contribution is 6.55. The molecule has 4 rings (SSSR count). The lowest BCUT2D eigenvalue weighted by Gasteiger charge is -2.33. The molecule has 8 heteroatoms. The Morgan fingerprint density at radius 2 is 1.79 bits per heavy atom. The van der Waals surface area contributed by atoms with Crippen LogP contribution in [0.3, 0.4) is 0 Å². The number of hydrogen-bond donors (Lipinski definition) is 0. The summed E-state index contributed by atoms with van der Waals surface area (Å²) in [6.07, 6.45) is 5.28. The van der Waals surface area contributed by atoms with Crippen LogP contribution >= 0.6 is 11.6 Å². The van der Waals surface area contributed by atoms with Gasteiger partial charge in [0.2, 0.25) is 11.6 Å². The number of benzene rings is 2. The van der Waals surface area contributed by atoms with E-state index in [-0.39, 0.29) is 46.6 Å². The fourth-order valence-corrected chi connectivity index (χ4v) is 5.79. The Morgan fingerprint density at radius 1 is 1.12 bits per heavy atom. The largest absolute Gasteiger partial charge is 0.435 e. The minimum atomic E-state index is -0.704. The molecule has 0 N–H and O–H groups in total.